The first-order valence-electron chi connectivity index (χ1n) is 10.5. The zero-order valence-corrected chi connectivity index (χ0v) is 19.9. The fourth-order valence-corrected chi connectivity index (χ4v) is 5.18. The minimum Gasteiger partial charge on any atom is -0.490 e. The third-order valence-electron chi connectivity index (χ3n) is 4.76. The number of amides is 1. The minimum absolute atomic E-state index is 0.116. The van der Waals surface area contributed by atoms with Crippen LogP contribution in [0.25, 0.3) is 0 Å². The van der Waals surface area contributed by atoms with E-state index in [9.17, 15) is 13.2 Å². The zero-order chi connectivity index (χ0) is 23.3. The smallest absolute Gasteiger partial charge is 0.255 e. The summed E-state index contributed by atoms with van der Waals surface area (Å²) in [6.45, 7) is 7.14. The summed E-state index contributed by atoms with van der Waals surface area (Å²) < 4.78 is 42.6. The average molecular weight is 483 g/mol. The Labute approximate surface area is 193 Å². The number of nitrogens with one attached hydrogen (secondary N) is 1. The maximum atomic E-state index is 13.0. The van der Waals surface area contributed by atoms with E-state index in [-0.39, 0.29) is 10.8 Å². The third kappa shape index (κ3) is 5.21. The van der Waals surface area contributed by atoms with Gasteiger partial charge in [0.15, 0.2) is 11.5 Å². The standard InChI is InChI=1S/C22H27ClN2O6S/c1-4-29-19-12-15(13-20(30-5-2)21(19)31-6-3)22(26)24-18-9-8-16(14-17(18)23)25-10-7-11-32(25,27)28/h8-9,12-14H,4-7,10-11H2,1-3H3,(H,24,26). The van der Waals surface area contributed by atoms with Gasteiger partial charge in [0.25, 0.3) is 5.91 Å². The molecule has 1 saturated heterocycles. The fourth-order valence-electron chi connectivity index (χ4n) is 3.40. The number of hydrogen-bond acceptors (Lipinski definition) is 6. The molecule has 1 fully saturated rings. The summed E-state index contributed by atoms with van der Waals surface area (Å²) >= 11 is 6.36. The molecule has 2 aromatic rings. The van der Waals surface area contributed by atoms with E-state index in [1.807, 2.05) is 20.8 Å². The van der Waals surface area contributed by atoms with E-state index >= 15 is 0 Å². The van der Waals surface area contributed by atoms with Crippen LogP contribution in [0.1, 0.15) is 37.6 Å². The van der Waals surface area contributed by atoms with E-state index in [1.165, 1.54) is 10.4 Å². The Morgan fingerprint density at radius 3 is 2.16 bits per heavy atom. The lowest BCUT2D eigenvalue weighted by Crippen LogP contribution is -2.25. The minimum atomic E-state index is -3.32. The summed E-state index contributed by atoms with van der Waals surface area (Å²) in [4.78, 5) is 13.0. The van der Waals surface area contributed by atoms with Crippen LogP contribution >= 0.6 is 11.6 Å². The van der Waals surface area contributed by atoms with Gasteiger partial charge in [-0.1, -0.05) is 11.6 Å². The van der Waals surface area contributed by atoms with Crippen LogP contribution in [-0.4, -0.2) is 46.4 Å². The van der Waals surface area contributed by atoms with Gasteiger partial charge < -0.3 is 19.5 Å². The Kier molecular flexibility index (Phi) is 7.73. The molecule has 1 aliphatic heterocycles. The van der Waals surface area contributed by atoms with Gasteiger partial charge in [-0.15, -0.1) is 0 Å². The third-order valence-corrected chi connectivity index (χ3v) is 6.94. The maximum absolute atomic E-state index is 13.0. The topological polar surface area (TPSA) is 94.2 Å². The molecular formula is C22H27ClN2O6S. The molecule has 10 heteroatoms. The van der Waals surface area contributed by atoms with Crippen molar-refractivity contribution >= 4 is 38.9 Å². The van der Waals surface area contributed by atoms with Crippen LogP contribution in [0.4, 0.5) is 11.4 Å². The number of carbonyl (C=O) groups is 1. The Hall–Kier alpha value is -2.65. The quantitative estimate of drug-likeness (QED) is 0.571. The van der Waals surface area contributed by atoms with Crippen molar-refractivity contribution in [3.8, 4) is 17.2 Å². The van der Waals surface area contributed by atoms with Gasteiger partial charge in [-0.05, 0) is 57.5 Å². The highest BCUT2D eigenvalue weighted by atomic mass is 35.5. The van der Waals surface area contributed by atoms with Crippen LogP contribution in [0.3, 0.4) is 0 Å². The first-order valence-corrected chi connectivity index (χ1v) is 12.5. The molecule has 0 atom stereocenters. The highest BCUT2D eigenvalue weighted by molar-refractivity contribution is 7.93. The van der Waals surface area contributed by atoms with Gasteiger partial charge in [0, 0.05) is 12.1 Å². The maximum Gasteiger partial charge on any atom is 0.255 e. The van der Waals surface area contributed by atoms with Gasteiger partial charge >= 0.3 is 0 Å². The van der Waals surface area contributed by atoms with Gasteiger partial charge in [-0.3, -0.25) is 9.10 Å². The summed E-state index contributed by atoms with van der Waals surface area (Å²) in [6.07, 6.45) is 0.570. The number of sulfonamides is 1. The summed E-state index contributed by atoms with van der Waals surface area (Å²) in [7, 11) is -3.32. The van der Waals surface area contributed by atoms with Gasteiger partial charge in [0.05, 0.1) is 42.0 Å². The molecule has 0 aliphatic carbocycles. The number of rotatable bonds is 9. The number of halogens is 1. The molecule has 0 saturated carbocycles. The van der Waals surface area contributed by atoms with Gasteiger partial charge in [-0.2, -0.15) is 0 Å². The van der Waals surface area contributed by atoms with Crippen molar-refractivity contribution in [1.82, 2.24) is 0 Å². The van der Waals surface area contributed by atoms with Crippen LogP contribution in [0.2, 0.25) is 5.02 Å². The van der Waals surface area contributed by atoms with Crippen molar-refractivity contribution in [1.29, 1.82) is 0 Å². The predicted molar refractivity (Wildman–Crippen MR) is 125 cm³/mol. The lowest BCUT2D eigenvalue weighted by Gasteiger charge is -2.19. The van der Waals surface area contributed by atoms with Crippen molar-refractivity contribution in [3.05, 3.63) is 40.9 Å². The summed E-state index contributed by atoms with van der Waals surface area (Å²) in [5, 5.41) is 3.00. The Morgan fingerprint density at radius 2 is 1.66 bits per heavy atom. The van der Waals surface area contributed by atoms with Gasteiger partial charge in [0.2, 0.25) is 15.8 Å². The first kappa shape index (κ1) is 24.0. The van der Waals surface area contributed by atoms with Gasteiger partial charge in [-0.25, -0.2) is 8.42 Å². The summed E-state index contributed by atoms with van der Waals surface area (Å²) in [5.41, 5.74) is 1.15. The van der Waals surface area contributed by atoms with E-state index in [4.69, 9.17) is 25.8 Å². The molecule has 2 aromatic carbocycles. The SMILES string of the molecule is CCOc1cc(C(=O)Nc2ccc(N3CCCS3(=O)=O)cc2Cl)cc(OCC)c1OCC. The molecule has 8 nitrogen and oxygen atoms in total. The molecule has 1 heterocycles. The molecule has 174 valence electrons. The second kappa shape index (κ2) is 10.3. The van der Waals surface area contributed by atoms with E-state index in [2.05, 4.69) is 5.32 Å². The number of carbonyl (C=O) groups excluding carboxylic acids is 1. The van der Waals surface area contributed by atoms with E-state index < -0.39 is 15.9 Å². The average Bonchev–Trinajstić information content (AvgIpc) is 3.11. The van der Waals surface area contributed by atoms with Gasteiger partial charge in [0.1, 0.15) is 0 Å². The van der Waals surface area contributed by atoms with Crippen LogP contribution in [0.5, 0.6) is 17.2 Å². The number of nitrogens with zero attached hydrogens (tertiary/aromatic N) is 1. The largest absolute Gasteiger partial charge is 0.490 e. The molecule has 32 heavy (non-hydrogen) atoms. The molecule has 0 bridgehead atoms. The number of benzene rings is 2. The number of hydrogen-bond donors (Lipinski definition) is 1. The van der Waals surface area contributed by atoms with Crippen LogP contribution in [0.15, 0.2) is 30.3 Å². The Bertz CT molecular complexity index is 1060. The summed E-state index contributed by atoms with van der Waals surface area (Å²) in [6, 6.07) is 7.93. The molecule has 1 amide bonds. The normalized spacial score (nSPS) is 14.8. The molecule has 1 N–H and O–H groups in total. The predicted octanol–water partition coefficient (Wildman–Crippen LogP) is 4.33. The van der Waals surface area contributed by atoms with Crippen LogP contribution in [0, 0.1) is 0 Å². The molecule has 0 radical (unpaired) electrons. The van der Waals surface area contributed by atoms with Crippen molar-refractivity contribution in [2.75, 3.05) is 41.7 Å². The lowest BCUT2D eigenvalue weighted by atomic mass is 10.1. The lowest BCUT2D eigenvalue weighted by molar-refractivity contribution is 0.102. The molecule has 0 unspecified atom stereocenters. The first-order chi connectivity index (χ1) is 15.3. The second-order valence-electron chi connectivity index (χ2n) is 6.96. The number of ether oxygens (including phenoxy) is 3. The van der Waals surface area contributed by atoms with E-state index in [0.717, 1.165) is 0 Å². The Balaban J connectivity index is 1.88. The zero-order valence-electron chi connectivity index (χ0n) is 18.3. The van der Waals surface area contributed by atoms with E-state index in [1.54, 1.807) is 24.3 Å². The highest BCUT2D eigenvalue weighted by Gasteiger charge is 2.29. The molecular weight excluding hydrogens is 456 g/mol. The number of anilines is 2. The molecule has 0 spiro atoms. The van der Waals surface area contributed by atoms with Crippen molar-refractivity contribution in [3.63, 3.8) is 0 Å². The fraction of sp³-hybridized carbons (Fsp3) is 0.409. The van der Waals surface area contributed by atoms with Crippen molar-refractivity contribution in [2.45, 2.75) is 27.2 Å². The van der Waals surface area contributed by atoms with Crippen molar-refractivity contribution < 1.29 is 27.4 Å². The Morgan fingerprint density at radius 1 is 1.03 bits per heavy atom. The monoisotopic (exact) mass is 482 g/mol. The molecule has 0 aromatic heterocycles. The molecule has 3 rings (SSSR count). The van der Waals surface area contributed by atoms with Crippen LogP contribution < -0.4 is 23.8 Å². The van der Waals surface area contributed by atoms with E-state index in [0.29, 0.717) is 67.0 Å². The molecule has 1 aliphatic rings. The second-order valence-corrected chi connectivity index (χ2v) is 9.38. The summed E-state index contributed by atoms with van der Waals surface area (Å²) in [5.74, 6) is 0.961. The van der Waals surface area contributed by atoms with Crippen LogP contribution in [-0.2, 0) is 10.0 Å². The highest BCUT2D eigenvalue weighted by Crippen LogP contribution is 2.39. The van der Waals surface area contributed by atoms with Crippen molar-refractivity contribution in [2.24, 2.45) is 0 Å².